The molecule has 1 heterocycles. The van der Waals surface area contributed by atoms with E-state index in [1.54, 1.807) is 16.3 Å². The normalized spacial score (nSPS) is 10.6. The van der Waals surface area contributed by atoms with Crippen molar-refractivity contribution in [1.82, 2.24) is 4.98 Å². The summed E-state index contributed by atoms with van der Waals surface area (Å²) in [5.41, 5.74) is 6.19. The molecule has 0 fully saturated rings. The SMILES string of the molecule is Cc1cccc(N(C)N)c1COc1cccc(-c2cncs2)c1. The number of nitrogens with zero attached hydrogens (tertiary/aromatic N) is 2. The van der Waals surface area contributed by atoms with Crippen molar-refractivity contribution in [3.8, 4) is 16.2 Å². The van der Waals surface area contributed by atoms with Crippen LogP contribution in [0, 0.1) is 6.92 Å². The van der Waals surface area contributed by atoms with E-state index < -0.39 is 0 Å². The molecule has 0 aliphatic rings. The summed E-state index contributed by atoms with van der Waals surface area (Å²) in [7, 11) is 1.84. The summed E-state index contributed by atoms with van der Waals surface area (Å²) in [6, 6.07) is 14.1. The van der Waals surface area contributed by atoms with Crippen molar-refractivity contribution in [2.45, 2.75) is 13.5 Å². The van der Waals surface area contributed by atoms with Gasteiger partial charge in [-0.25, -0.2) is 5.84 Å². The molecule has 0 bridgehead atoms. The molecular formula is C18H19N3OS. The fraction of sp³-hybridized carbons (Fsp3) is 0.167. The molecule has 3 rings (SSSR count). The van der Waals surface area contributed by atoms with Crippen molar-refractivity contribution in [3.63, 3.8) is 0 Å². The van der Waals surface area contributed by atoms with Gasteiger partial charge in [0, 0.05) is 18.8 Å². The van der Waals surface area contributed by atoms with Crippen LogP contribution in [0.1, 0.15) is 11.1 Å². The van der Waals surface area contributed by atoms with E-state index in [0.29, 0.717) is 6.61 Å². The molecule has 3 aromatic rings. The second-order valence-electron chi connectivity index (χ2n) is 5.37. The van der Waals surface area contributed by atoms with Gasteiger partial charge in [0.15, 0.2) is 0 Å². The molecule has 0 atom stereocenters. The van der Waals surface area contributed by atoms with Crippen molar-refractivity contribution in [1.29, 1.82) is 0 Å². The molecule has 5 heteroatoms. The summed E-state index contributed by atoms with van der Waals surface area (Å²) in [5, 5.41) is 1.62. The lowest BCUT2D eigenvalue weighted by molar-refractivity contribution is 0.306. The third-order valence-electron chi connectivity index (χ3n) is 3.70. The van der Waals surface area contributed by atoms with Crippen LogP contribution in [-0.4, -0.2) is 12.0 Å². The number of hydrazine groups is 1. The quantitative estimate of drug-likeness (QED) is 0.569. The van der Waals surface area contributed by atoms with E-state index in [4.69, 9.17) is 10.6 Å². The Balaban J connectivity index is 1.81. The molecule has 0 aliphatic carbocycles. The average Bonchev–Trinajstić information content (AvgIpc) is 3.08. The van der Waals surface area contributed by atoms with Gasteiger partial charge in [0.2, 0.25) is 0 Å². The minimum absolute atomic E-state index is 0.482. The largest absolute Gasteiger partial charge is 0.489 e. The van der Waals surface area contributed by atoms with Gasteiger partial charge in [0.1, 0.15) is 12.4 Å². The lowest BCUT2D eigenvalue weighted by Gasteiger charge is -2.19. The zero-order valence-electron chi connectivity index (χ0n) is 13.2. The van der Waals surface area contributed by atoms with E-state index in [9.17, 15) is 0 Å². The van der Waals surface area contributed by atoms with Gasteiger partial charge in [-0.1, -0.05) is 24.3 Å². The highest BCUT2D eigenvalue weighted by molar-refractivity contribution is 7.13. The molecular weight excluding hydrogens is 306 g/mol. The number of hydrogen-bond acceptors (Lipinski definition) is 5. The predicted molar refractivity (Wildman–Crippen MR) is 95.7 cm³/mol. The average molecular weight is 325 g/mol. The molecule has 2 aromatic carbocycles. The third-order valence-corrected chi connectivity index (χ3v) is 4.52. The van der Waals surface area contributed by atoms with Crippen LogP contribution in [0.25, 0.3) is 10.4 Å². The van der Waals surface area contributed by atoms with Crippen molar-refractivity contribution in [2.24, 2.45) is 5.84 Å². The van der Waals surface area contributed by atoms with Crippen LogP contribution in [0.5, 0.6) is 5.75 Å². The first-order chi connectivity index (χ1) is 11.1. The summed E-state index contributed by atoms with van der Waals surface area (Å²) in [6.45, 7) is 2.55. The van der Waals surface area contributed by atoms with Crippen LogP contribution >= 0.6 is 11.3 Å². The van der Waals surface area contributed by atoms with Gasteiger partial charge < -0.3 is 9.75 Å². The summed E-state index contributed by atoms with van der Waals surface area (Å²) in [5.74, 6) is 6.75. The molecule has 0 radical (unpaired) electrons. The van der Waals surface area contributed by atoms with Crippen LogP contribution in [0.2, 0.25) is 0 Å². The van der Waals surface area contributed by atoms with Crippen molar-refractivity contribution in [3.05, 3.63) is 65.3 Å². The Morgan fingerprint density at radius 1 is 1.22 bits per heavy atom. The molecule has 0 spiro atoms. The lowest BCUT2D eigenvalue weighted by Crippen LogP contribution is -2.26. The Morgan fingerprint density at radius 3 is 2.78 bits per heavy atom. The predicted octanol–water partition coefficient (Wildman–Crippen LogP) is 4.01. The number of thiazole rings is 1. The first-order valence-corrected chi connectivity index (χ1v) is 8.22. The molecule has 2 N–H and O–H groups in total. The van der Waals surface area contributed by atoms with E-state index >= 15 is 0 Å². The summed E-state index contributed by atoms with van der Waals surface area (Å²) in [4.78, 5) is 5.26. The number of ether oxygens (including phenoxy) is 1. The Labute approximate surface area is 140 Å². The van der Waals surface area contributed by atoms with Gasteiger partial charge in [-0.15, -0.1) is 11.3 Å². The van der Waals surface area contributed by atoms with Crippen LogP contribution in [-0.2, 0) is 6.61 Å². The Bertz CT molecular complexity index is 785. The van der Waals surface area contributed by atoms with Gasteiger partial charge in [0.25, 0.3) is 0 Å². The lowest BCUT2D eigenvalue weighted by atomic mass is 10.1. The number of aromatic nitrogens is 1. The van der Waals surface area contributed by atoms with Crippen molar-refractivity contribution in [2.75, 3.05) is 12.1 Å². The van der Waals surface area contributed by atoms with Gasteiger partial charge >= 0.3 is 0 Å². The van der Waals surface area contributed by atoms with E-state index in [-0.39, 0.29) is 0 Å². The van der Waals surface area contributed by atoms with Crippen molar-refractivity contribution < 1.29 is 4.74 Å². The topological polar surface area (TPSA) is 51.4 Å². The number of hydrogen-bond donors (Lipinski definition) is 1. The monoisotopic (exact) mass is 325 g/mol. The summed E-state index contributed by atoms with van der Waals surface area (Å²) in [6.07, 6.45) is 1.87. The maximum absolute atomic E-state index is 6.00. The minimum atomic E-state index is 0.482. The smallest absolute Gasteiger partial charge is 0.120 e. The highest BCUT2D eigenvalue weighted by Crippen LogP contribution is 2.28. The summed E-state index contributed by atoms with van der Waals surface area (Å²) >= 11 is 1.62. The fourth-order valence-electron chi connectivity index (χ4n) is 2.46. The number of anilines is 1. The molecule has 0 saturated heterocycles. The highest BCUT2D eigenvalue weighted by atomic mass is 32.1. The van der Waals surface area contributed by atoms with Gasteiger partial charge in [-0.3, -0.25) is 4.98 Å². The Hall–Kier alpha value is -2.37. The highest BCUT2D eigenvalue weighted by Gasteiger charge is 2.09. The molecule has 23 heavy (non-hydrogen) atoms. The zero-order valence-corrected chi connectivity index (χ0v) is 14.0. The molecule has 1 aromatic heterocycles. The van der Waals surface area contributed by atoms with Crippen LogP contribution in [0.15, 0.2) is 54.2 Å². The van der Waals surface area contributed by atoms with Gasteiger partial charge in [-0.05, 0) is 36.2 Å². The standard InChI is InChI=1S/C18H19N3OS/c1-13-5-3-8-17(21(2)19)16(13)11-22-15-7-4-6-14(9-15)18-10-20-12-23-18/h3-10,12H,11,19H2,1-2H3. The first-order valence-electron chi connectivity index (χ1n) is 7.34. The molecule has 118 valence electrons. The fourth-order valence-corrected chi connectivity index (χ4v) is 3.08. The van der Waals surface area contributed by atoms with Gasteiger partial charge in [0.05, 0.1) is 16.1 Å². The second kappa shape index (κ2) is 6.81. The van der Waals surface area contributed by atoms with E-state index in [1.165, 1.54) is 5.56 Å². The molecule has 0 aliphatic heterocycles. The zero-order chi connectivity index (χ0) is 16.2. The number of nitrogens with two attached hydrogens (primary N) is 1. The number of rotatable bonds is 5. The van der Waals surface area contributed by atoms with Crippen LogP contribution < -0.4 is 15.6 Å². The van der Waals surface area contributed by atoms with E-state index in [2.05, 4.69) is 24.0 Å². The van der Waals surface area contributed by atoms with Gasteiger partial charge in [-0.2, -0.15) is 0 Å². The molecule has 0 unspecified atom stereocenters. The summed E-state index contributed by atoms with van der Waals surface area (Å²) < 4.78 is 6.00. The van der Waals surface area contributed by atoms with Crippen molar-refractivity contribution >= 4 is 17.0 Å². The van der Waals surface area contributed by atoms with E-state index in [1.807, 2.05) is 49.1 Å². The molecule has 0 saturated carbocycles. The maximum Gasteiger partial charge on any atom is 0.120 e. The van der Waals surface area contributed by atoms with Crippen LogP contribution in [0.3, 0.4) is 0 Å². The maximum atomic E-state index is 6.00. The molecule has 0 amide bonds. The number of benzene rings is 2. The Kier molecular flexibility index (Phi) is 4.60. The minimum Gasteiger partial charge on any atom is -0.489 e. The van der Waals surface area contributed by atoms with E-state index in [0.717, 1.165) is 27.4 Å². The molecule has 4 nitrogen and oxygen atoms in total. The second-order valence-corrected chi connectivity index (χ2v) is 6.25. The van der Waals surface area contributed by atoms with Crippen LogP contribution in [0.4, 0.5) is 5.69 Å². The first kappa shape index (κ1) is 15.5. The Morgan fingerprint density at radius 2 is 2.04 bits per heavy atom. The third kappa shape index (κ3) is 3.52. The number of aryl methyl sites for hydroxylation is 1.